The fraction of sp³-hybridized carbons (Fsp3) is 1.00. The van der Waals surface area contributed by atoms with E-state index in [1.807, 2.05) is 4.90 Å². The molecule has 0 amide bonds. The van der Waals surface area contributed by atoms with Gasteiger partial charge >= 0.3 is 23.9 Å². The Morgan fingerprint density at radius 2 is 1.38 bits per heavy atom. The highest BCUT2D eigenvalue weighted by molar-refractivity contribution is 4.90. The Hall–Kier alpha value is -0.930. The maximum atomic E-state index is 13.8. The van der Waals surface area contributed by atoms with Crippen molar-refractivity contribution in [2.75, 3.05) is 46.1 Å². The molecule has 1 rings (SSSR count). The molecule has 0 radical (unpaired) electrons. The first-order chi connectivity index (χ1) is 14.4. The SMILES string of the molecule is OC(COCCN1CCOCC1)CC(F)(F)C(F)(F)CCC(F)(F)CC(F)(F)C(F)(F)F. The topological polar surface area (TPSA) is 41.9 Å². The lowest BCUT2D eigenvalue weighted by molar-refractivity contribution is -0.302. The van der Waals surface area contributed by atoms with E-state index in [9.17, 15) is 53.4 Å². The fourth-order valence-electron chi connectivity index (χ4n) is 2.78. The molecular formula is C17H24F11NO3. The number of nitrogens with zero attached hydrogens (tertiary/aromatic N) is 1. The van der Waals surface area contributed by atoms with Crippen LogP contribution in [0.2, 0.25) is 0 Å². The quantitative estimate of drug-likeness (QED) is 0.302. The number of hydrogen-bond donors (Lipinski definition) is 1. The number of aliphatic hydroxyl groups excluding tert-OH is 1. The minimum absolute atomic E-state index is 0.0152. The lowest BCUT2D eigenvalue weighted by atomic mass is 9.96. The molecule has 1 N–H and O–H groups in total. The average molecular weight is 499 g/mol. The van der Waals surface area contributed by atoms with Crippen molar-refractivity contribution in [3.63, 3.8) is 0 Å². The van der Waals surface area contributed by atoms with Crippen molar-refractivity contribution in [1.82, 2.24) is 4.90 Å². The molecule has 0 aliphatic carbocycles. The van der Waals surface area contributed by atoms with E-state index < -0.39 is 68.3 Å². The highest BCUT2D eigenvalue weighted by Crippen LogP contribution is 2.47. The van der Waals surface area contributed by atoms with Crippen molar-refractivity contribution in [3.05, 3.63) is 0 Å². The Labute approximate surface area is 176 Å². The molecule has 1 aliphatic heterocycles. The van der Waals surface area contributed by atoms with Crippen molar-refractivity contribution >= 4 is 0 Å². The Balaban J connectivity index is 2.49. The van der Waals surface area contributed by atoms with Crippen LogP contribution < -0.4 is 0 Å². The van der Waals surface area contributed by atoms with E-state index >= 15 is 0 Å². The summed E-state index contributed by atoms with van der Waals surface area (Å²) >= 11 is 0. The van der Waals surface area contributed by atoms with E-state index in [4.69, 9.17) is 9.47 Å². The second-order valence-corrected chi connectivity index (χ2v) is 7.53. The van der Waals surface area contributed by atoms with Gasteiger partial charge in [0, 0.05) is 38.9 Å². The third-order valence-corrected chi connectivity index (χ3v) is 4.69. The number of halogens is 11. The minimum atomic E-state index is -6.35. The van der Waals surface area contributed by atoms with Crippen LogP contribution in [-0.2, 0) is 9.47 Å². The molecule has 192 valence electrons. The summed E-state index contributed by atoms with van der Waals surface area (Å²) in [5.74, 6) is -21.1. The summed E-state index contributed by atoms with van der Waals surface area (Å²) in [4.78, 5) is 1.90. The largest absolute Gasteiger partial charge is 0.453 e. The van der Waals surface area contributed by atoms with Gasteiger partial charge in [-0.25, -0.2) is 8.78 Å². The number of rotatable bonds is 13. The van der Waals surface area contributed by atoms with Gasteiger partial charge in [0.2, 0.25) is 0 Å². The maximum Gasteiger partial charge on any atom is 0.453 e. The van der Waals surface area contributed by atoms with Crippen LogP contribution >= 0.6 is 0 Å². The standard InChI is InChI=1S/C17H24F11NO3/c18-13(19,11-16(24,25)17(26,27)28)1-2-14(20,21)15(22,23)9-12(30)10-32-8-5-29-3-6-31-7-4-29/h12,30H,1-11H2. The normalized spacial score (nSPS) is 18.8. The number of aliphatic hydroxyl groups is 1. The van der Waals surface area contributed by atoms with Gasteiger partial charge in [0.15, 0.2) is 0 Å². The van der Waals surface area contributed by atoms with Crippen molar-refractivity contribution in [3.8, 4) is 0 Å². The predicted octanol–water partition coefficient (Wildman–Crippen LogP) is 4.36. The van der Waals surface area contributed by atoms with Gasteiger partial charge in [-0.3, -0.25) is 4.90 Å². The average Bonchev–Trinajstić information content (AvgIpc) is 2.62. The molecule has 1 fully saturated rings. The summed E-state index contributed by atoms with van der Waals surface area (Å²) in [7, 11) is 0. The Kier molecular flexibility index (Phi) is 10.0. The van der Waals surface area contributed by atoms with E-state index in [2.05, 4.69) is 0 Å². The molecule has 1 heterocycles. The number of alkyl halides is 11. The summed E-state index contributed by atoms with van der Waals surface area (Å²) in [5.41, 5.74) is 0. The van der Waals surface area contributed by atoms with Crippen LogP contribution in [0.3, 0.4) is 0 Å². The molecule has 1 unspecified atom stereocenters. The molecule has 0 aromatic heterocycles. The zero-order chi connectivity index (χ0) is 24.8. The van der Waals surface area contributed by atoms with Crippen LogP contribution in [-0.4, -0.2) is 92.0 Å². The number of ether oxygens (including phenoxy) is 2. The van der Waals surface area contributed by atoms with E-state index in [1.165, 1.54) is 0 Å². The van der Waals surface area contributed by atoms with E-state index in [1.54, 1.807) is 0 Å². The lowest BCUT2D eigenvalue weighted by Crippen LogP contribution is -2.46. The van der Waals surface area contributed by atoms with Gasteiger partial charge in [0.05, 0.1) is 39.0 Å². The molecule has 1 aliphatic rings. The van der Waals surface area contributed by atoms with E-state index in [-0.39, 0.29) is 6.61 Å². The van der Waals surface area contributed by atoms with E-state index in [0.717, 1.165) is 0 Å². The lowest BCUT2D eigenvalue weighted by Gasteiger charge is -2.30. The first-order valence-corrected chi connectivity index (χ1v) is 9.52. The minimum Gasteiger partial charge on any atom is -0.390 e. The van der Waals surface area contributed by atoms with Crippen LogP contribution in [0.1, 0.15) is 25.7 Å². The molecule has 0 saturated carbocycles. The molecular weight excluding hydrogens is 475 g/mol. The third kappa shape index (κ3) is 9.14. The summed E-state index contributed by atoms with van der Waals surface area (Å²) in [5, 5.41) is 9.51. The number of hydrogen-bond acceptors (Lipinski definition) is 4. The molecule has 32 heavy (non-hydrogen) atoms. The molecule has 0 spiro atoms. The molecule has 1 atom stereocenters. The molecule has 15 heteroatoms. The Morgan fingerprint density at radius 3 is 1.91 bits per heavy atom. The molecule has 0 aromatic carbocycles. The summed E-state index contributed by atoms with van der Waals surface area (Å²) < 4.78 is 153. The predicted molar refractivity (Wildman–Crippen MR) is 88.4 cm³/mol. The molecule has 1 saturated heterocycles. The number of morpholine rings is 1. The van der Waals surface area contributed by atoms with Gasteiger partial charge < -0.3 is 14.6 Å². The maximum absolute atomic E-state index is 13.8. The van der Waals surface area contributed by atoms with E-state index in [0.29, 0.717) is 32.8 Å². The van der Waals surface area contributed by atoms with Gasteiger partial charge in [0.1, 0.15) is 0 Å². The van der Waals surface area contributed by atoms with Crippen LogP contribution in [0, 0.1) is 0 Å². The smallest absolute Gasteiger partial charge is 0.390 e. The Morgan fingerprint density at radius 1 is 0.812 bits per heavy atom. The van der Waals surface area contributed by atoms with Crippen LogP contribution in [0.15, 0.2) is 0 Å². The Bertz CT molecular complexity index is 566. The van der Waals surface area contributed by atoms with Gasteiger partial charge in [0.25, 0.3) is 5.92 Å². The molecule has 4 nitrogen and oxygen atoms in total. The highest BCUT2D eigenvalue weighted by atomic mass is 19.4. The first-order valence-electron chi connectivity index (χ1n) is 9.52. The molecule has 0 aromatic rings. The van der Waals surface area contributed by atoms with Crippen LogP contribution in [0.5, 0.6) is 0 Å². The fourth-order valence-corrected chi connectivity index (χ4v) is 2.78. The first kappa shape index (κ1) is 29.1. The summed E-state index contributed by atoms with van der Waals surface area (Å²) in [6, 6.07) is 0. The summed E-state index contributed by atoms with van der Waals surface area (Å²) in [6.07, 6.45) is -18.2. The van der Waals surface area contributed by atoms with Crippen LogP contribution in [0.25, 0.3) is 0 Å². The second-order valence-electron chi connectivity index (χ2n) is 7.53. The van der Waals surface area contributed by atoms with Crippen molar-refractivity contribution in [1.29, 1.82) is 0 Å². The van der Waals surface area contributed by atoms with Gasteiger partial charge in [-0.2, -0.15) is 39.5 Å². The van der Waals surface area contributed by atoms with Crippen molar-refractivity contribution in [2.24, 2.45) is 0 Å². The van der Waals surface area contributed by atoms with Gasteiger partial charge in [-0.1, -0.05) is 0 Å². The monoisotopic (exact) mass is 499 g/mol. The van der Waals surface area contributed by atoms with Gasteiger partial charge in [-0.05, 0) is 0 Å². The van der Waals surface area contributed by atoms with Gasteiger partial charge in [-0.15, -0.1) is 0 Å². The second kappa shape index (κ2) is 11.0. The van der Waals surface area contributed by atoms with Crippen LogP contribution in [0.4, 0.5) is 48.3 Å². The third-order valence-electron chi connectivity index (χ3n) is 4.69. The van der Waals surface area contributed by atoms with Crippen molar-refractivity contribution in [2.45, 2.75) is 61.7 Å². The molecule has 0 bridgehead atoms. The zero-order valence-corrected chi connectivity index (χ0v) is 16.7. The zero-order valence-electron chi connectivity index (χ0n) is 16.7. The summed E-state index contributed by atoms with van der Waals surface area (Å²) in [6.45, 7) is 1.74. The highest BCUT2D eigenvalue weighted by Gasteiger charge is 2.63. The van der Waals surface area contributed by atoms with Crippen molar-refractivity contribution < 1.29 is 62.9 Å².